The molecule has 16 heavy (non-hydrogen) atoms. The SMILES string of the molecule is CNC1CCCCc2c(Cl)cc(C)c(C)c21. The van der Waals surface area contributed by atoms with Gasteiger partial charge in [0.1, 0.15) is 0 Å². The van der Waals surface area contributed by atoms with E-state index < -0.39 is 0 Å². The third-order valence-corrected chi connectivity index (χ3v) is 4.16. The molecule has 0 aromatic heterocycles. The first-order valence-electron chi connectivity index (χ1n) is 6.11. The minimum Gasteiger partial charge on any atom is -0.313 e. The maximum Gasteiger partial charge on any atom is 0.0444 e. The summed E-state index contributed by atoms with van der Waals surface area (Å²) in [7, 11) is 2.05. The van der Waals surface area contributed by atoms with Gasteiger partial charge in [0, 0.05) is 11.1 Å². The first-order chi connectivity index (χ1) is 7.65. The van der Waals surface area contributed by atoms with Crippen LogP contribution >= 0.6 is 11.6 Å². The van der Waals surface area contributed by atoms with E-state index >= 15 is 0 Å². The Labute approximate surface area is 103 Å². The molecule has 0 bridgehead atoms. The van der Waals surface area contributed by atoms with Gasteiger partial charge in [-0.1, -0.05) is 18.0 Å². The molecule has 0 spiro atoms. The predicted molar refractivity (Wildman–Crippen MR) is 70.3 cm³/mol. The van der Waals surface area contributed by atoms with Crippen molar-refractivity contribution in [3.8, 4) is 0 Å². The molecular formula is C14H20ClN. The minimum atomic E-state index is 0.481. The Kier molecular flexibility index (Phi) is 3.56. The van der Waals surface area contributed by atoms with Crippen LogP contribution in [0.3, 0.4) is 0 Å². The number of rotatable bonds is 1. The number of aryl methyl sites for hydroxylation is 1. The van der Waals surface area contributed by atoms with Crippen molar-refractivity contribution in [3.63, 3.8) is 0 Å². The van der Waals surface area contributed by atoms with Gasteiger partial charge in [-0.25, -0.2) is 0 Å². The Morgan fingerprint density at radius 2 is 2.06 bits per heavy atom. The highest BCUT2D eigenvalue weighted by Gasteiger charge is 2.22. The van der Waals surface area contributed by atoms with Crippen molar-refractivity contribution < 1.29 is 0 Å². The van der Waals surface area contributed by atoms with Crippen LogP contribution in [0.1, 0.15) is 47.6 Å². The summed E-state index contributed by atoms with van der Waals surface area (Å²) < 4.78 is 0. The average Bonchev–Trinajstić information content (AvgIpc) is 2.48. The highest BCUT2D eigenvalue weighted by Crippen LogP contribution is 2.36. The topological polar surface area (TPSA) is 12.0 Å². The first kappa shape index (κ1) is 11.9. The third-order valence-electron chi connectivity index (χ3n) is 3.82. The third kappa shape index (κ3) is 1.99. The van der Waals surface area contributed by atoms with Crippen molar-refractivity contribution in [1.82, 2.24) is 5.32 Å². The Hall–Kier alpha value is -0.530. The van der Waals surface area contributed by atoms with Crippen molar-refractivity contribution in [2.75, 3.05) is 7.05 Å². The number of hydrogen-bond acceptors (Lipinski definition) is 1. The van der Waals surface area contributed by atoms with E-state index in [1.807, 2.05) is 0 Å². The predicted octanol–water partition coefficient (Wildman–Crippen LogP) is 3.94. The van der Waals surface area contributed by atoms with Gasteiger partial charge in [-0.3, -0.25) is 0 Å². The summed E-state index contributed by atoms with van der Waals surface area (Å²) in [6, 6.07) is 2.60. The molecule has 1 N–H and O–H groups in total. The van der Waals surface area contributed by atoms with Crippen LogP contribution in [0.4, 0.5) is 0 Å². The van der Waals surface area contributed by atoms with Crippen LogP contribution in [-0.2, 0) is 6.42 Å². The molecule has 88 valence electrons. The van der Waals surface area contributed by atoms with Crippen LogP contribution in [0.15, 0.2) is 6.07 Å². The number of nitrogens with one attached hydrogen (secondary N) is 1. The summed E-state index contributed by atoms with van der Waals surface area (Å²) in [5.74, 6) is 0. The number of hydrogen-bond donors (Lipinski definition) is 1. The van der Waals surface area contributed by atoms with Gasteiger partial charge in [0.25, 0.3) is 0 Å². The zero-order chi connectivity index (χ0) is 11.7. The number of halogens is 1. The second-order valence-electron chi connectivity index (χ2n) is 4.78. The fourth-order valence-corrected chi connectivity index (χ4v) is 3.12. The quantitative estimate of drug-likeness (QED) is 0.730. The summed E-state index contributed by atoms with van der Waals surface area (Å²) >= 11 is 6.39. The standard InChI is InChI=1S/C14H20ClN/c1-9-8-12(15)11-6-4-5-7-13(16-3)14(11)10(9)2/h8,13,16H,4-7H2,1-3H3. The van der Waals surface area contributed by atoms with Crippen molar-refractivity contribution in [2.45, 2.75) is 45.6 Å². The molecule has 2 heteroatoms. The summed E-state index contributed by atoms with van der Waals surface area (Å²) in [4.78, 5) is 0. The van der Waals surface area contributed by atoms with E-state index in [1.54, 1.807) is 0 Å². The lowest BCUT2D eigenvalue weighted by Crippen LogP contribution is -2.18. The molecule has 1 unspecified atom stereocenters. The van der Waals surface area contributed by atoms with Crippen molar-refractivity contribution in [1.29, 1.82) is 0 Å². The van der Waals surface area contributed by atoms with E-state index in [0.29, 0.717) is 6.04 Å². The van der Waals surface area contributed by atoms with Crippen molar-refractivity contribution in [2.24, 2.45) is 0 Å². The molecule has 0 saturated heterocycles. The Morgan fingerprint density at radius 3 is 2.75 bits per heavy atom. The molecule has 0 aliphatic heterocycles. The maximum absolute atomic E-state index is 6.39. The molecular weight excluding hydrogens is 218 g/mol. The van der Waals surface area contributed by atoms with Crippen LogP contribution in [0.2, 0.25) is 5.02 Å². The molecule has 2 rings (SSSR count). The summed E-state index contributed by atoms with van der Waals surface area (Å²) in [5, 5.41) is 4.40. The second kappa shape index (κ2) is 4.77. The van der Waals surface area contributed by atoms with Gasteiger partial charge in [0.05, 0.1) is 0 Å². The fraction of sp³-hybridized carbons (Fsp3) is 0.571. The molecule has 0 saturated carbocycles. The van der Waals surface area contributed by atoms with Crippen molar-refractivity contribution in [3.05, 3.63) is 33.3 Å². The molecule has 1 aromatic rings. The second-order valence-corrected chi connectivity index (χ2v) is 5.19. The molecule has 0 amide bonds. The minimum absolute atomic E-state index is 0.481. The molecule has 0 fully saturated rings. The normalized spacial score (nSPS) is 20.4. The van der Waals surface area contributed by atoms with Crippen LogP contribution in [0, 0.1) is 13.8 Å². The van der Waals surface area contributed by atoms with Gasteiger partial charge < -0.3 is 5.32 Å². The molecule has 1 aliphatic carbocycles. The highest BCUT2D eigenvalue weighted by molar-refractivity contribution is 6.31. The summed E-state index contributed by atoms with van der Waals surface area (Å²) in [5.41, 5.74) is 5.57. The van der Waals surface area contributed by atoms with E-state index in [0.717, 1.165) is 11.4 Å². The molecule has 1 atom stereocenters. The summed E-state index contributed by atoms with van der Waals surface area (Å²) in [6.45, 7) is 4.37. The van der Waals surface area contributed by atoms with Gasteiger partial charge in [-0.15, -0.1) is 0 Å². The molecule has 0 radical (unpaired) electrons. The van der Waals surface area contributed by atoms with Crippen LogP contribution in [-0.4, -0.2) is 7.05 Å². The number of fused-ring (bicyclic) bond motifs is 1. The van der Waals surface area contributed by atoms with Crippen LogP contribution < -0.4 is 5.32 Å². The molecule has 1 aromatic carbocycles. The van der Waals surface area contributed by atoms with E-state index in [4.69, 9.17) is 11.6 Å². The Morgan fingerprint density at radius 1 is 1.31 bits per heavy atom. The first-order valence-corrected chi connectivity index (χ1v) is 6.48. The molecule has 1 aliphatic rings. The van der Waals surface area contributed by atoms with Crippen LogP contribution in [0.25, 0.3) is 0 Å². The van der Waals surface area contributed by atoms with E-state index in [1.165, 1.54) is 41.5 Å². The van der Waals surface area contributed by atoms with Crippen molar-refractivity contribution >= 4 is 11.6 Å². The zero-order valence-electron chi connectivity index (χ0n) is 10.4. The lowest BCUT2D eigenvalue weighted by molar-refractivity contribution is 0.531. The van der Waals surface area contributed by atoms with Gasteiger partial charge in [-0.2, -0.15) is 0 Å². The zero-order valence-corrected chi connectivity index (χ0v) is 11.1. The number of benzene rings is 1. The van der Waals surface area contributed by atoms with E-state index in [9.17, 15) is 0 Å². The van der Waals surface area contributed by atoms with Gasteiger partial charge >= 0.3 is 0 Å². The van der Waals surface area contributed by atoms with E-state index in [-0.39, 0.29) is 0 Å². The lowest BCUT2D eigenvalue weighted by Gasteiger charge is -2.22. The van der Waals surface area contributed by atoms with Gasteiger partial charge in [-0.05, 0) is 68.5 Å². The summed E-state index contributed by atoms with van der Waals surface area (Å²) in [6.07, 6.45) is 4.90. The lowest BCUT2D eigenvalue weighted by atomic mass is 9.91. The Bertz CT molecular complexity index is 398. The molecule has 1 nitrogen and oxygen atoms in total. The maximum atomic E-state index is 6.39. The monoisotopic (exact) mass is 237 g/mol. The Balaban J connectivity index is 2.61. The van der Waals surface area contributed by atoms with Gasteiger partial charge in [0.2, 0.25) is 0 Å². The smallest absolute Gasteiger partial charge is 0.0444 e. The highest BCUT2D eigenvalue weighted by atomic mass is 35.5. The molecule has 0 heterocycles. The largest absolute Gasteiger partial charge is 0.313 e. The van der Waals surface area contributed by atoms with Crippen LogP contribution in [0.5, 0.6) is 0 Å². The van der Waals surface area contributed by atoms with E-state index in [2.05, 4.69) is 32.3 Å². The average molecular weight is 238 g/mol. The van der Waals surface area contributed by atoms with Gasteiger partial charge in [0.15, 0.2) is 0 Å². The fourth-order valence-electron chi connectivity index (χ4n) is 2.76.